The minimum atomic E-state index is -1.98. The van der Waals surface area contributed by atoms with Crippen LogP contribution in [0.4, 0.5) is 0 Å². The first kappa shape index (κ1) is 13.9. The highest BCUT2D eigenvalue weighted by molar-refractivity contribution is 7.17. The van der Waals surface area contributed by atoms with Crippen LogP contribution in [0.1, 0.15) is 0 Å². The van der Waals surface area contributed by atoms with Crippen molar-refractivity contribution in [2.24, 2.45) is 0 Å². The third kappa shape index (κ3) is 9.17. The highest BCUT2D eigenvalue weighted by atomic mass is 35.6. The predicted molar refractivity (Wildman–Crippen MR) is 66.3 cm³/mol. The summed E-state index contributed by atoms with van der Waals surface area (Å²) in [6.45, 7) is 14.6. The smallest absolute Gasteiger partial charge is 0.311 e. The second-order valence-corrected chi connectivity index (χ2v) is 19.2. The van der Waals surface area contributed by atoms with Crippen LogP contribution >= 0.6 is 11.1 Å². The average molecular weight is 257 g/mol. The molecule has 0 spiro atoms. The minimum absolute atomic E-state index is 1.49. The van der Waals surface area contributed by atoms with Gasteiger partial charge in [0.1, 0.15) is 0 Å². The van der Waals surface area contributed by atoms with Crippen LogP contribution in [0.15, 0.2) is 0 Å². The molecule has 0 bridgehead atoms. The lowest BCUT2D eigenvalue weighted by Crippen LogP contribution is -2.49. The summed E-state index contributed by atoms with van der Waals surface area (Å²) in [6, 6.07) is 0. The fourth-order valence-corrected chi connectivity index (χ4v) is 14.1. The zero-order valence-electron chi connectivity index (χ0n) is 9.69. The van der Waals surface area contributed by atoms with E-state index < -0.39 is 24.5 Å². The predicted octanol–water partition coefficient (Wildman–Crippen LogP) is 3.50. The molecule has 0 atom stereocenters. The molecule has 0 unspecified atom stereocenters. The van der Waals surface area contributed by atoms with Gasteiger partial charge >= 0.3 is 8.56 Å². The zero-order chi connectivity index (χ0) is 10.9. The molecule has 0 aromatic heterocycles. The van der Waals surface area contributed by atoms with E-state index in [-0.39, 0.29) is 0 Å². The van der Waals surface area contributed by atoms with Crippen molar-refractivity contribution in [2.45, 2.75) is 45.8 Å². The van der Waals surface area contributed by atoms with Crippen LogP contribution in [0.3, 0.4) is 0 Å². The van der Waals surface area contributed by atoms with Crippen LogP contribution < -0.4 is 0 Å². The van der Waals surface area contributed by atoms with Crippen molar-refractivity contribution >= 4 is 35.6 Å². The molecule has 2 nitrogen and oxygen atoms in total. The summed E-state index contributed by atoms with van der Waals surface area (Å²) in [7, 11) is -5.44. The van der Waals surface area contributed by atoms with Gasteiger partial charge in [0, 0.05) is 0 Å². The molecule has 80 valence electrons. The second-order valence-electron chi connectivity index (χ2n) is 5.08. The summed E-state index contributed by atoms with van der Waals surface area (Å²) in [5.41, 5.74) is 0. The topological polar surface area (TPSA) is 18.5 Å². The molecule has 6 heteroatoms. The maximum Gasteiger partial charge on any atom is 0.311 e. The van der Waals surface area contributed by atoms with Gasteiger partial charge in [-0.1, -0.05) is 0 Å². The van der Waals surface area contributed by atoms with Crippen molar-refractivity contribution in [1.82, 2.24) is 0 Å². The zero-order valence-corrected chi connectivity index (χ0v) is 13.5. The molecular weight excluding hydrogens is 236 g/mol. The van der Waals surface area contributed by atoms with E-state index in [1.54, 1.807) is 0 Å². The maximum atomic E-state index is 6.13. The lowest BCUT2D eigenvalue weighted by atomic mass is 11.8. The van der Waals surface area contributed by atoms with Gasteiger partial charge in [0.2, 0.25) is 0 Å². The Morgan fingerprint density at radius 3 is 1.38 bits per heavy atom. The molecule has 0 N–H and O–H groups in total. The van der Waals surface area contributed by atoms with Gasteiger partial charge in [-0.3, -0.25) is 0 Å². The van der Waals surface area contributed by atoms with Gasteiger partial charge in [0.05, 0.1) is 0 Å². The first-order valence-electron chi connectivity index (χ1n) is 4.51. The van der Waals surface area contributed by atoms with E-state index in [1.165, 1.54) is 0 Å². The summed E-state index contributed by atoms with van der Waals surface area (Å²) in [6.07, 6.45) is 0. The van der Waals surface area contributed by atoms with E-state index in [9.17, 15) is 0 Å². The fraction of sp³-hybridized carbons (Fsp3) is 1.00. The third-order valence-corrected chi connectivity index (χ3v) is 10.1. The fourth-order valence-electron chi connectivity index (χ4n) is 1.34. The van der Waals surface area contributed by atoms with Crippen molar-refractivity contribution in [3.8, 4) is 0 Å². The second kappa shape index (κ2) is 4.16. The molecule has 0 saturated heterocycles. The average Bonchev–Trinajstić information content (AvgIpc) is 1.43. The van der Waals surface area contributed by atoms with E-state index >= 15 is 0 Å². The first-order chi connectivity index (χ1) is 5.41. The summed E-state index contributed by atoms with van der Waals surface area (Å²) in [4.78, 5) is 0. The van der Waals surface area contributed by atoms with Crippen LogP contribution in [0.25, 0.3) is 0 Å². The molecule has 0 amide bonds. The molecule has 0 aliphatic heterocycles. The molecule has 0 saturated carbocycles. The van der Waals surface area contributed by atoms with Crippen LogP contribution in [-0.2, 0) is 8.23 Å². The molecular formula is C7H21ClO2Si3. The Morgan fingerprint density at radius 2 is 1.15 bits per heavy atom. The van der Waals surface area contributed by atoms with Gasteiger partial charge in [-0.05, 0) is 45.8 Å². The van der Waals surface area contributed by atoms with Gasteiger partial charge in [0.15, 0.2) is 8.32 Å². The molecule has 0 radical (unpaired) electrons. The van der Waals surface area contributed by atoms with Gasteiger partial charge < -0.3 is 8.23 Å². The Kier molecular flexibility index (Phi) is 4.43. The SMILES string of the molecule is C[Si](C)(C)O[Si](C)(C)O[Si](C)(C)Cl. The lowest BCUT2D eigenvalue weighted by Gasteiger charge is -2.34. The number of halogens is 1. The highest BCUT2D eigenvalue weighted by Gasteiger charge is 2.36. The van der Waals surface area contributed by atoms with Gasteiger partial charge in [-0.15, -0.1) is 11.1 Å². The van der Waals surface area contributed by atoms with E-state index in [2.05, 4.69) is 32.7 Å². The monoisotopic (exact) mass is 256 g/mol. The molecule has 0 aliphatic rings. The Bertz CT molecular complexity index is 154. The van der Waals surface area contributed by atoms with Gasteiger partial charge in [-0.2, -0.15) is 0 Å². The number of rotatable bonds is 4. The molecule has 0 rings (SSSR count). The normalized spacial score (nSPS) is 14.8. The van der Waals surface area contributed by atoms with Crippen LogP contribution in [-0.4, -0.2) is 24.5 Å². The maximum absolute atomic E-state index is 6.13. The molecule has 13 heavy (non-hydrogen) atoms. The number of hydrogen-bond donors (Lipinski definition) is 0. The minimum Gasteiger partial charge on any atom is -0.437 e. The largest absolute Gasteiger partial charge is 0.437 e. The molecule has 0 aromatic rings. The lowest BCUT2D eigenvalue weighted by molar-refractivity contribution is 0.401. The Labute approximate surface area is 89.8 Å². The van der Waals surface area contributed by atoms with Crippen LogP contribution in [0.2, 0.25) is 45.8 Å². The van der Waals surface area contributed by atoms with Crippen molar-refractivity contribution in [3.05, 3.63) is 0 Å². The molecule has 0 heterocycles. The standard InChI is InChI=1S/C7H21ClO2Si3/c1-11(2,3)9-13(6,7)10-12(4,5)8/h1-7H3. The van der Waals surface area contributed by atoms with E-state index in [1.807, 2.05) is 13.1 Å². The quantitative estimate of drug-likeness (QED) is 0.566. The first-order valence-corrected chi connectivity index (χ1v) is 14.7. The summed E-state index contributed by atoms with van der Waals surface area (Å²) < 4.78 is 11.9. The van der Waals surface area contributed by atoms with Crippen molar-refractivity contribution in [2.75, 3.05) is 0 Å². The van der Waals surface area contributed by atoms with Gasteiger partial charge in [-0.25, -0.2) is 0 Å². The third-order valence-electron chi connectivity index (χ3n) is 1.04. The highest BCUT2D eigenvalue weighted by Crippen LogP contribution is 2.21. The van der Waals surface area contributed by atoms with E-state index in [0.717, 1.165) is 0 Å². The van der Waals surface area contributed by atoms with Crippen LogP contribution in [0, 0.1) is 0 Å². The Hall–Kier alpha value is 0.861. The summed E-state index contributed by atoms with van der Waals surface area (Å²) in [5.74, 6) is 0. The van der Waals surface area contributed by atoms with Crippen molar-refractivity contribution in [1.29, 1.82) is 0 Å². The summed E-state index contributed by atoms with van der Waals surface area (Å²) >= 11 is 6.13. The molecule has 0 fully saturated rings. The summed E-state index contributed by atoms with van der Waals surface area (Å²) in [5, 5.41) is 0. The number of hydrogen-bond acceptors (Lipinski definition) is 2. The molecule has 0 aromatic carbocycles. The van der Waals surface area contributed by atoms with Gasteiger partial charge in [0.25, 0.3) is 7.63 Å². The van der Waals surface area contributed by atoms with Crippen molar-refractivity contribution in [3.63, 3.8) is 0 Å². The van der Waals surface area contributed by atoms with E-state index in [4.69, 9.17) is 19.3 Å². The Morgan fingerprint density at radius 1 is 0.769 bits per heavy atom. The molecule has 0 aliphatic carbocycles. The Balaban J connectivity index is 4.25. The van der Waals surface area contributed by atoms with Crippen molar-refractivity contribution < 1.29 is 8.23 Å². The van der Waals surface area contributed by atoms with E-state index in [0.29, 0.717) is 0 Å². The van der Waals surface area contributed by atoms with Crippen LogP contribution in [0.5, 0.6) is 0 Å².